The molecule has 0 saturated carbocycles. The predicted molar refractivity (Wildman–Crippen MR) is 118 cm³/mol. The van der Waals surface area contributed by atoms with Gasteiger partial charge < -0.3 is 29.8 Å². The third-order valence-corrected chi connectivity index (χ3v) is 4.97. The van der Waals surface area contributed by atoms with Gasteiger partial charge in [-0.15, -0.1) is 0 Å². The number of rotatable bonds is 9. The van der Waals surface area contributed by atoms with Gasteiger partial charge in [-0.2, -0.15) is 0 Å². The average Bonchev–Trinajstić information content (AvgIpc) is 3.36. The lowest BCUT2D eigenvalue weighted by Gasteiger charge is -2.27. The fourth-order valence-corrected chi connectivity index (χ4v) is 3.29. The number of furan rings is 1. The van der Waals surface area contributed by atoms with E-state index in [0.29, 0.717) is 0 Å². The van der Waals surface area contributed by atoms with Crippen LogP contribution in [0.5, 0.6) is 0 Å². The van der Waals surface area contributed by atoms with Gasteiger partial charge in [0.15, 0.2) is 0 Å². The minimum Gasteiger partial charge on any atom is -0.467 e. The number of hydrogen-bond donors (Lipinski definition) is 3. The van der Waals surface area contributed by atoms with Crippen LogP contribution in [0.3, 0.4) is 0 Å². The molecule has 1 aliphatic rings. The van der Waals surface area contributed by atoms with Gasteiger partial charge in [-0.05, 0) is 31.2 Å². The van der Waals surface area contributed by atoms with Crippen LogP contribution in [0.25, 0.3) is 0 Å². The second kappa shape index (κ2) is 11.2. The number of nitrogens with one attached hydrogen (secondary N) is 3. The number of ether oxygens (including phenoxy) is 2. The SMILES string of the molecule is CCOC(=O)C1=C(COC(=O)CNC(=O)c2ccc(Cl)c([N+](=O)[O-])c2)NC(=O)NC1c1ccco1. The van der Waals surface area contributed by atoms with E-state index in [2.05, 4.69) is 16.0 Å². The molecule has 2 aromatic rings. The van der Waals surface area contributed by atoms with E-state index >= 15 is 0 Å². The molecule has 0 fully saturated rings. The van der Waals surface area contributed by atoms with E-state index in [-0.39, 0.29) is 34.2 Å². The molecule has 0 spiro atoms. The van der Waals surface area contributed by atoms with Crippen LogP contribution in [0.2, 0.25) is 5.02 Å². The molecule has 0 saturated heterocycles. The van der Waals surface area contributed by atoms with Crippen molar-refractivity contribution >= 4 is 41.2 Å². The van der Waals surface area contributed by atoms with Gasteiger partial charge in [-0.25, -0.2) is 9.59 Å². The number of halogens is 1. The van der Waals surface area contributed by atoms with Crippen LogP contribution in [0.15, 0.2) is 52.3 Å². The minimum atomic E-state index is -0.980. The summed E-state index contributed by atoms with van der Waals surface area (Å²) in [5.41, 5.74) is -0.602. The molecule has 0 radical (unpaired) electrons. The lowest BCUT2D eigenvalue weighted by atomic mass is 10.0. The minimum absolute atomic E-state index is 0.0216. The van der Waals surface area contributed by atoms with Crippen LogP contribution in [0.4, 0.5) is 10.5 Å². The number of amides is 3. The topological polar surface area (TPSA) is 179 Å². The van der Waals surface area contributed by atoms with E-state index in [9.17, 15) is 29.3 Å². The predicted octanol–water partition coefficient (Wildman–Crippen LogP) is 1.99. The molecule has 35 heavy (non-hydrogen) atoms. The summed E-state index contributed by atoms with van der Waals surface area (Å²) in [5, 5.41) is 18.0. The first-order chi connectivity index (χ1) is 16.7. The van der Waals surface area contributed by atoms with Gasteiger partial charge in [0.25, 0.3) is 11.6 Å². The Bertz CT molecular complexity index is 1190. The van der Waals surface area contributed by atoms with Crippen molar-refractivity contribution in [3.63, 3.8) is 0 Å². The third kappa shape index (κ3) is 6.14. The van der Waals surface area contributed by atoms with Crippen molar-refractivity contribution in [2.45, 2.75) is 13.0 Å². The molecule has 1 unspecified atom stereocenters. The van der Waals surface area contributed by atoms with Gasteiger partial charge in [0.2, 0.25) is 0 Å². The largest absolute Gasteiger partial charge is 0.467 e. The molecule has 1 atom stereocenters. The molecule has 184 valence electrons. The lowest BCUT2D eigenvalue weighted by molar-refractivity contribution is -0.384. The molecule has 3 rings (SSSR count). The number of nitrogens with zero attached hydrogens (tertiary/aromatic N) is 1. The monoisotopic (exact) mass is 506 g/mol. The van der Waals surface area contributed by atoms with E-state index in [1.54, 1.807) is 19.1 Å². The molecule has 1 aliphatic heterocycles. The van der Waals surface area contributed by atoms with Crippen LogP contribution in [0, 0.1) is 10.1 Å². The maximum atomic E-state index is 12.6. The van der Waals surface area contributed by atoms with Gasteiger partial charge in [-0.1, -0.05) is 11.6 Å². The Labute approximate surface area is 202 Å². The quantitative estimate of drug-likeness (QED) is 0.260. The molecule has 1 aromatic carbocycles. The second-order valence-corrected chi connectivity index (χ2v) is 7.33. The maximum absolute atomic E-state index is 12.6. The number of benzene rings is 1. The van der Waals surface area contributed by atoms with Gasteiger partial charge in [0.05, 0.1) is 29.1 Å². The summed E-state index contributed by atoms with van der Waals surface area (Å²) in [6.45, 7) is 0.557. The number of urea groups is 1. The van der Waals surface area contributed by atoms with Gasteiger partial charge in [-0.3, -0.25) is 19.7 Å². The van der Waals surface area contributed by atoms with Crippen molar-refractivity contribution < 1.29 is 38.0 Å². The lowest BCUT2D eigenvalue weighted by Crippen LogP contribution is -2.47. The van der Waals surface area contributed by atoms with Crippen LogP contribution in [-0.4, -0.2) is 48.6 Å². The first-order valence-electron chi connectivity index (χ1n) is 10.1. The molecule has 13 nitrogen and oxygen atoms in total. The Morgan fingerprint density at radius 1 is 1.26 bits per heavy atom. The van der Waals surface area contributed by atoms with Crippen LogP contribution >= 0.6 is 11.6 Å². The molecular formula is C21H19ClN4O9. The first kappa shape index (κ1) is 25.2. The molecule has 3 amide bonds. The maximum Gasteiger partial charge on any atom is 0.338 e. The van der Waals surface area contributed by atoms with E-state index in [0.717, 1.165) is 6.07 Å². The van der Waals surface area contributed by atoms with Crippen molar-refractivity contribution in [1.82, 2.24) is 16.0 Å². The highest BCUT2D eigenvalue weighted by Crippen LogP contribution is 2.28. The molecule has 0 aliphatic carbocycles. The highest BCUT2D eigenvalue weighted by molar-refractivity contribution is 6.32. The number of nitro benzene ring substituents is 1. The van der Waals surface area contributed by atoms with Gasteiger partial charge in [0.1, 0.15) is 30.0 Å². The third-order valence-electron chi connectivity index (χ3n) is 4.65. The summed E-state index contributed by atoms with van der Waals surface area (Å²) in [4.78, 5) is 59.3. The van der Waals surface area contributed by atoms with E-state index < -0.39 is 53.7 Å². The van der Waals surface area contributed by atoms with Crippen molar-refractivity contribution in [3.05, 3.63) is 74.3 Å². The number of hydrogen-bond acceptors (Lipinski definition) is 9. The Morgan fingerprint density at radius 3 is 2.69 bits per heavy atom. The Hall–Kier alpha value is -4.39. The van der Waals surface area contributed by atoms with Crippen LogP contribution in [0.1, 0.15) is 29.1 Å². The standard InChI is InChI=1S/C21H19ClN4O9/c1-2-33-20(29)17-13(24-21(30)25-18(17)15-4-3-7-34-15)10-35-16(27)9-23-19(28)11-5-6-12(22)14(8-11)26(31)32/h3-8,18H,2,9-10H2,1H3,(H,23,28)(H2,24,25,30). The number of carbonyl (C=O) groups excluding carboxylic acids is 4. The summed E-state index contributed by atoms with van der Waals surface area (Å²) in [6, 6.07) is 4.89. The molecular weight excluding hydrogens is 488 g/mol. The number of carbonyl (C=O) groups is 4. The van der Waals surface area contributed by atoms with Crippen LogP contribution < -0.4 is 16.0 Å². The molecule has 1 aromatic heterocycles. The fraction of sp³-hybridized carbons (Fsp3) is 0.238. The zero-order valence-electron chi connectivity index (χ0n) is 18.2. The van der Waals surface area contributed by atoms with Crippen molar-refractivity contribution in [1.29, 1.82) is 0 Å². The van der Waals surface area contributed by atoms with Crippen molar-refractivity contribution in [3.8, 4) is 0 Å². The zero-order chi connectivity index (χ0) is 25.5. The van der Waals surface area contributed by atoms with Gasteiger partial charge >= 0.3 is 18.0 Å². The Balaban J connectivity index is 1.68. The average molecular weight is 507 g/mol. The smallest absolute Gasteiger partial charge is 0.338 e. The van der Waals surface area contributed by atoms with E-state index in [1.807, 2.05) is 0 Å². The number of nitro groups is 1. The summed E-state index contributed by atoms with van der Waals surface area (Å²) in [6.07, 6.45) is 1.37. The Morgan fingerprint density at radius 2 is 2.03 bits per heavy atom. The molecule has 14 heteroatoms. The highest BCUT2D eigenvalue weighted by atomic mass is 35.5. The molecule has 0 bridgehead atoms. The summed E-state index contributed by atoms with van der Waals surface area (Å²) in [5.74, 6) is -2.18. The summed E-state index contributed by atoms with van der Waals surface area (Å²) < 4.78 is 15.5. The van der Waals surface area contributed by atoms with Crippen molar-refractivity contribution in [2.24, 2.45) is 0 Å². The summed E-state index contributed by atoms with van der Waals surface area (Å²) >= 11 is 5.72. The molecule has 3 N–H and O–H groups in total. The number of esters is 2. The highest BCUT2D eigenvalue weighted by Gasteiger charge is 2.35. The van der Waals surface area contributed by atoms with Crippen molar-refractivity contribution in [2.75, 3.05) is 19.8 Å². The van der Waals surface area contributed by atoms with Gasteiger partial charge in [0, 0.05) is 11.6 Å². The van der Waals surface area contributed by atoms with E-state index in [1.165, 1.54) is 18.4 Å². The first-order valence-corrected chi connectivity index (χ1v) is 10.5. The Kier molecular flexibility index (Phi) is 8.04. The van der Waals surface area contributed by atoms with Crippen LogP contribution in [-0.2, 0) is 19.1 Å². The fourth-order valence-electron chi connectivity index (χ4n) is 3.10. The zero-order valence-corrected chi connectivity index (χ0v) is 18.9. The van der Waals surface area contributed by atoms with E-state index in [4.69, 9.17) is 25.5 Å². The normalized spacial score (nSPS) is 15.0. The molecule has 2 heterocycles. The summed E-state index contributed by atoms with van der Waals surface area (Å²) in [7, 11) is 0. The second-order valence-electron chi connectivity index (χ2n) is 6.93.